The Morgan fingerprint density at radius 3 is 2.89 bits per heavy atom. The highest BCUT2D eigenvalue weighted by Gasteiger charge is 2.40. The molecule has 1 heterocycles. The molecule has 4 atom stereocenters. The smallest absolute Gasteiger partial charge is 0.0553 e. The van der Waals surface area contributed by atoms with E-state index in [0.717, 1.165) is 30.8 Å². The van der Waals surface area contributed by atoms with Crippen molar-refractivity contribution in [2.75, 3.05) is 6.54 Å². The molecule has 106 valence electrons. The summed E-state index contributed by atoms with van der Waals surface area (Å²) in [5.74, 6) is 3.01. The SMILES string of the molecule is CCNC(CC1CC2CCC1C2)c1ccnn1CC. The average Bonchev–Trinajstić information content (AvgIpc) is 3.13. The van der Waals surface area contributed by atoms with E-state index >= 15 is 0 Å². The van der Waals surface area contributed by atoms with E-state index in [0.29, 0.717) is 6.04 Å². The Kier molecular flexibility index (Phi) is 3.92. The standard InChI is InChI=1S/C16H27N3/c1-3-17-15(16-7-8-18-19(16)4-2)11-14-10-12-5-6-13(14)9-12/h7-8,12-15,17H,3-6,9-11H2,1-2H3. The Labute approximate surface area is 116 Å². The fourth-order valence-corrected chi connectivity index (χ4v) is 4.43. The second kappa shape index (κ2) is 5.66. The van der Waals surface area contributed by atoms with Crippen LogP contribution in [0.4, 0.5) is 0 Å². The third-order valence-corrected chi connectivity index (χ3v) is 5.28. The minimum absolute atomic E-state index is 0.497. The zero-order valence-corrected chi connectivity index (χ0v) is 12.3. The number of hydrogen-bond acceptors (Lipinski definition) is 2. The van der Waals surface area contributed by atoms with Crippen molar-refractivity contribution in [1.82, 2.24) is 15.1 Å². The highest BCUT2D eigenvalue weighted by atomic mass is 15.3. The van der Waals surface area contributed by atoms with Crippen molar-refractivity contribution in [2.45, 2.75) is 58.5 Å². The summed E-state index contributed by atoms with van der Waals surface area (Å²) in [4.78, 5) is 0. The number of rotatable bonds is 6. The molecular weight excluding hydrogens is 234 g/mol. The van der Waals surface area contributed by atoms with Crippen LogP contribution in [0, 0.1) is 17.8 Å². The van der Waals surface area contributed by atoms with E-state index in [-0.39, 0.29) is 0 Å². The summed E-state index contributed by atoms with van der Waals surface area (Å²) in [6.07, 6.45) is 9.23. The molecule has 2 aliphatic rings. The van der Waals surface area contributed by atoms with Gasteiger partial charge in [0.15, 0.2) is 0 Å². The molecule has 3 heteroatoms. The van der Waals surface area contributed by atoms with Crippen LogP contribution >= 0.6 is 0 Å². The van der Waals surface area contributed by atoms with Gasteiger partial charge >= 0.3 is 0 Å². The first-order valence-electron chi connectivity index (χ1n) is 8.06. The maximum atomic E-state index is 4.44. The minimum Gasteiger partial charge on any atom is -0.309 e. The summed E-state index contributed by atoms with van der Waals surface area (Å²) in [6.45, 7) is 6.40. The minimum atomic E-state index is 0.497. The molecule has 0 radical (unpaired) electrons. The van der Waals surface area contributed by atoms with Crippen LogP contribution in [0.15, 0.2) is 12.3 Å². The first kappa shape index (κ1) is 13.2. The highest BCUT2D eigenvalue weighted by Crippen LogP contribution is 2.50. The molecule has 19 heavy (non-hydrogen) atoms. The van der Waals surface area contributed by atoms with E-state index in [4.69, 9.17) is 0 Å². The van der Waals surface area contributed by atoms with Gasteiger partial charge in [0, 0.05) is 18.8 Å². The Morgan fingerprint density at radius 2 is 2.26 bits per heavy atom. The topological polar surface area (TPSA) is 29.9 Å². The van der Waals surface area contributed by atoms with Gasteiger partial charge in [0.25, 0.3) is 0 Å². The molecule has 3 rings (SSSR count). The molecule has 0 amide bonds. The second-order valence-corrected chi connectivity index (χ2v) is 6.35. The quantitative estimate of drug-likeness (QED) is 0.850. The lowest BCUT2D eigenvalue weighted by Crippen LogP contribution is -2.27. The Balaban J connectivity index is 1.70. The van der Waals surface area contributed by atoms with Gasteiger partial charge in [0.1, 0.15) is 0 Å². The van der Waals surface area contributed by atoms with Gasteiger partial charge in [0.2, 0.25) is 0 Å². The molecule has 1 aromatic rings. The Morgan fingerprint density at radius 1 is 1.37 bits per heavy atom. The molecule has 2 bridgehead atoms. The van der Waals surface area contributed by atoms with Crippen molar-refractivity contribution < 1.29 is 0 Å². The molecule has 1 aromatic heterocycles. The highest BCUT2D eigenvalue weighted by molar-refractivity contribution is 5.08. The Hall–Kier alpha value is -0.830. The molecule has 0 aliphatic heterocycles. The van der Waals surface area contributed by atoms with Gasteiger partial charge in [0.05, 0.1) is 5.69 Å². The summed E-state index contributed by atoms with van der Waals surface area (Å²) >= 11 is 0. The van der Waals surface area contributed by atoms with E-state index in [1.807, 2.05) is 6.20 Å². The third kappa shape index (κ3) is 2.58. The fourth-order valence-electron chi connectivity index (χ4n) is 4.43. The van der Waals surface area contributed by atoms with E-state index in [1.54, 1.807) is 0 Å². The van der Waals surface area contributed by atoms with Gasteiger partial charge < -0.3 is 5.32 Å². The molecule has 2 fully saturated rings. The first-order chi connectivity index (χ1) is 9.31. The van der Waals surface area contributed by atoms with Gasteiger partial charge in [-0.25, -0.2) is 0 Å². The van der Waals surface area contributed by atoms with Crippen molar-refractivity contribution in [3.63, 3.8) is 0 Å². The van der Waals surface area contributed by atoms with Gasteiger partial charge in [-0.1, -0.05) is 13.3 Å². The van der Waals surface area contributed by atoms with Gasteiger partial charge in [-0.15, -0.1) is 0 Å². The van der Waals surface area contributed by atoms with Crippen LogP contribution in [0.2, 0.25) is 0 Å². The van der Waals surface area contributed by atoms with Crippen molar-refractivity contribution in [2.24, 2.45) is 17.8 Å². The van der Waals surface area contributed by atoms with Crippen LogP contribution in [-0.2, 0) is 6.54 Å². The fraction of sp³-hybridized carbons (Fsp3) is 0.812. The lowest BCUT2D eigenvalue weighted by Gasteiger charge is -2.27. The Bertz CT molecular complexity index is 412. The molecule has 2 saturated carbocycles. The van der Waals surface area contributed by atoms with Gasteiger partial charge in [-0.3, -0.25) is 4.68 Å². The van der Waals surface area contributed by atoms with Crippen molar-refractivity contribution in [1.29, 1.82) is 0 Å². The van der Waals surface area contributed by atoms with Gasteiger partial charge in [-0.05, 0) is 63.0 Å². The summed E-state index contributed by atoms with van der Waals surface area (Å²) in [5, 5.41) is 8.12. The number of aryl methyl sites for hydroxylation is 1. The zero-order chi connectivity index (χ0) is 13.2. The van der Waals surface area contributed by atoms with Crippen LogP contribution in [0.1, 0.15) is 57.7 Å². The summed E-state index contributed by atoms with van der Waals surface area (Å²) in [5.41, 5.74) is 1.38. The maximum Gasteiger partial charge on any atom is 0.0553 e. The number of aromatic nitrogens is 2. The predicted molar refractivity (Wildman–Crippen MR) is 77.9 cm³/mol. The molecule has 0 spiro atoms. The lowest BCUT2D eigenvalue weighted by molar-refractivity contribution is 0.275. The molecule has 0 aromatic carbocycles. The third-order valence-electron chi connectivity index (χ3n) is 5.28. The van der Waals surface area contributed by atoms with Crippen molar-refractivity contribution in [3.05, 3.63) is 18.0 Å². The molecule has 0 saturated heterocycles. The van der Waals surface area contributed by atoms with Gasteiger partial charge in [-0.2, -0.15) is 5.10 Å². The van der Waals surface area contributed by atoms with Crippen molar-refractivity contribution >= 4 is 0 Å². The number of hydrogen-bond donors (Lipinski definition) is 1. The van der Waals surface area contributed by atoms with Crippen LogP contribution in [0.3, 0.4) is 0 Å². The average molecular weight is 261 g/mol. The van der Waals surface area contributed by atoms with Crippen molar-refractivity contribution in [3.8, 4) is 0 Å². The number of nitrogens with zero attached hydrogens (tertiary/aromatic N) is 2. The molecular formula is C16H27N3. The molecule has 2 aliphatic carbocycles. The predicted octanol–water partition coefficient (Wildman–Crippen LogP) is 3.38. The maximum absolute atomic E-state index is 4.44. The van der Waals surface area contributed by atoms with E-state index in [9.17, 15) is 0 Å². The largest absolute Gasteiger partial charge is 0.309 e. The monoisotopic (exact) mass is 261 g/mol. The number of nitrogens with one attached hydrogen (secondary N) is 1. The molecule has 1 N–H and O–H groups in total. The molecule has 3 nitrogen and oxygen atoms in total. The van der Waals surface area contributed by atoms with Crippen LogP contribution < -0.4 is 5.32 Å². The second-order valence-electron chi connectivity index (χ2n) is 6.35. The lowest BCUT2D eigenvalue weighted by atomic mass is 9.83. The van der Waals surface area contributed by atoms with Crippen LogP contribution in [0.5, 0.6) is 0 Å². The van der Waals surface area contributed by atoms with E-state index < -0.39 is 0 Å². The molecule has 4 unspecified atom stereocenters. The summed E-state index contributed by atoms with van der Waals surface area (Å²) in [6, 6.07) is 2.70. The van der Waals surface area contributed by atoms with Crippen LogP contribution in [-0.4, -0.2) is 16.3 Å². The summed E-state index contributed by atoms with van der Waals surface area (Å²) < 4.78 is 2.15. The number of fused-ring (bicyclic) bond motifs is 2. The zero-order valence-electron chi connectivity index (χ0n) is 12.3. The van der Waals surface area contributed by atoms with E-state index in [2.05, 4.69) is 35.0 Å². The van der Waals surface area contributed by atoms with E-state index in [1.165, 1.54) is 37.8 Å². The normalized spacial score (nSPS) is 30.9. The van der Waals surface area contributed by atoms with Crippen LogP contribution in [0.25, 0.3) is 0 Å². The first-order valence-corrected chi connectivity index (χ1v) is 8.06. The summed E-state index contributed by atoms with van der Waals surface area (Å²) in [7, 11) is 0.